The van der Waals surface area contributed by atoms with Crippen LogP contribution in [0.5, 0.6) is 0 Å². The molecule has 0 atom stereocenters. The molecule has 0 aliphatic heterocycles. The third-order valence-corrected chi connectivity index (χ3v) is 24.6. The van der Waals surface area contributed by atoms with Crippen molar-refractivity contribution >= 4 is 54.8 Å². The number of H-pyrrole nitrogens is 1. The molecule has 6 aromatic carbocycles. The fraction of sp³-hybridized carbons (Fsp3) is 0.466. The monoisotopic (exact) mass is 1600 g/mol. The van der Waals surface area contributed by atoms with Gasteiger partial charge in [-0.1, -0.05) is 194 Å². The largest absolute Gasteiger partial charge is 0.413 e. The standard InChI is InChI=1S/C37H72N2.6C6F5.2Al/c1-3-5-7-9-11-13-15-17-19-21-23-25-27-29-31-33-36-37(39-35-38-36)34-32-30-28-26-24-22-20-18-16-14-12-10-8-6-4-2;6*7-2-1-3(8)5(10)6(11)4(2)9;;/h35H,3-34H2,1-2H3,(H,38,39);;;;;;;;. The summed E-state index contributed by atoms with van der Waals surface area (Å²) in [4.78, 5) is 8.10. The summed E-state index contributed by atoms with van der Waals surface area (Å²) in [5.74, 6) is -89.2. The molecule has 1 aromatic heterocycles. The first-order valence-electron chi connectivity index (χ1n) is 34.8. The molecule has 0 aliphatic carbocycles. The number of aromatic amines is 1. The van der Waals surface area contributed by atoms with Gasteiger partial charge in [0.25, 0.3) is 0 Å². The molecule has 0 spiro atoms. The zero-order valence-electron chi connectivity index (χ0n) is 57.6. The van der Waals surface area contributed by atoms with Gasteiger partial charge in [0.1, 0.15) is 0 Å². The number of nitrogens with one attached hydrogen (secondary N) is 1. The van der Waals surface area contributed by atoms with Crippen LogP contribution in [-0.4, -0.2) is 38.3 Å². The van der Waals surface area contributed by atoms with Gasteiger partial charge >= 0.3 is 28.3 Å². The van der Waals surface area contributed by atoms with Gasteiger partial charge in [0.05, 0.1) is 12.0 Å². The molecule has 7 rings (SSSR count). The Morgan fingerprint density at radius 3 is 0.505 bits per heavy atom. The van der Waals surface area contributed by atoms with E-state index in [4.69, 9.17) is 0 Å². The number of rotatable bonds is 38. The second-order valence-electron chi connectivity index (χ2n) is 25.5. The van der Waals surface area contributed by atoms with Gasteiger partial charge in [0, 0.05) is 5.69 Å². The molecule has 0 bridgehead atoms. The van der Waals surface area contributed by atoms with Crippen LogP contribution in [-0.2, 0) is 12.8 Å². The van der Waals surface area contributed by atoms with Gasteiger partial charge in [0.15, 0.2) is 175 Å². The first-order valence-corrected chi connectivity index (χ1v) is 38.3. The maximum absolute atomic E-state index is 14.4. The van der Waals surface area contributed by atoms with E-state index in [1.165, 1.54) is 217 Å². The molecule has 34 heteroatoms. The van der Waals surface area contributed by atoms with E-state index < -0.39 is 229 Å². The predicted molar refractivity (Wildman–Crippen MR) is 343 cm³/mol. The van der Waals surface area contributed by atoms with Gasteiger partial charge in [-0.05, 0) is 52.2 Å². The van der Waals surface area contributed by atoms with E-state index in [9.17, 15) is 132 Å². The maximum atomic E-state index is 14.4. The minimum absolute atomic E-state index is 1.18. The molecule has 590 valence electrons. The van der Waals surface area contributed by atoms with E-state index in [-0.39, 0.29) is 0 Å². The van der Waals surface area contributed by atoms with E-state index >= 15 is 0 Å². The lowest BCUT2D eigenvalue weighted by molar-refractivity contribution is 0.380. The summed E-state index contributed by atoms with van der Waals surface area (Å²) in [6, 6.07) is 0. The van der Waals surface area contributed by atoms with Crippen LogP contribution in [0, 0.1) is 175 Å². The number of aromatic nitrogens is 2. The van der Waals surface area contributed by atoms with Crippen LogP contribution in [0.1, 0.15) is 218 Å². The first-order chi connectivity index (χ1) is 50.7. The van der Waals surface area contributed by atoms with Crippen LogP contribution in [0.25, 0.3) is 0 Å². The van der Waals surface area contributed by atoms with E-state index in [1.54, 1.807) is 0 Å². The summed E-state index contributed by atoms with van der Waals surface area (Å²) >= 11 is -11.9. The average Bonchev–Trinajstić information content (AvgIpc) is 0.853. The van der Waals surface area contributed by atoms with Crippen LogP contribution in [0.2, 0.25) is 0 Å². The molecule has 0 radical (unpaired) electrons. The molecule has 2 nitrogen and oxygen atoms in total. The fourth-order valence-electron chi connectivity index (χ4n) is 12.2. The smallest absolute Gasteiger partial charge is 0.348 e. The maximum Gasteiger partial charge on any atom is 0.413 e. The first kappa shape index (κ1) is 91.1. The second kappa shape index (κ2) is 43.8. The molecular formula is C73H72Al2F30N2. The second-order valence-corrected chi connectivity index (χ2v) is 30.7. The minimum atomic E-state index is -5.96. The van der Waals surface area contributed by atoms with Crippen molar-refractivity contribution in [3.8, 4) is 0 Å². The Morgan fingerprint density at radius 1 is 0.196 bits per heavy atom. The quantitative estimate of drug-likeness (QED) is 0.0135. The van der Waals surface area contributed by atoms with Gasteiger partial charge in [-0.15, -0.1) is 0 Å². The van der Waals surface area contributed by atoms with Gasteiger partial charge in [-0.2, -0.15) is 0 Å². The predicted octanol–water partition coefficient (Wildman–Crippen LogP) is 21.8. The van der Waals surface area contributed by atoms with Crippen molar-refractivity contribution in [1.82, 2.24) is 9.97 Å². The van der Waals surface area contributed by atoms with Crippen molar-refractivity contribution in [1.29, 1.82) is 0 Å². The number of benzene rings is 6. The lowest BCUT2D eigenvalue weighted by Crippen LogP contribution is -2.60. The van der Waals surface area contributed by atoms with Crippen molar-refractivity contribution in [2.24, 2.45) is 0 Å². The third-order valence-electron chi connectivity index (χ3n) is 18.0. The van der Waals surface area contributed by atoms with Crippen LogP contribution in [0.15, 0.2) is 6.33 Å². The SMILES string of the molecule is CCCCCCCCCCCCCCCCCc1nc[nH]c1CCCCCCCCCCCCCCCCC.Fc1c(F)c(F)[c]([Al]([c]2c(F)c(F)c(F)c(F)c2F)[c]2c(F)c(F)c(F)c(F)c2F)c(F)c1F.Fc1c(F)c(F)[c]([Al]([c]2c(F)c(F)c(F)c(F)c2F)[c]2c(F)c(F)c(F)c(F)c2F)c(F)c1F. The van der Waals surface area contributed by atoms with Crippen LogP contribution < -0.4 is 26.6 Å². The average molecular weight is 1600 g/mol. The summed E-state index contributed by atoms with van der Waals surface area (Å²) in [5, 5.41) is 0. The number of aryl methyl sites for hydroxylation is 2. The van der Waals surface area contributed by atoms with Gasteiger partial charge in [0.2, 0.25) is 0 Å². The highest BCUT2D eigenvalue weighted by Crippen LogP contribution is 2.28. The lowest BCUT2D eigenvalue weighted by atomic mass is 10.0. The van der Waals surface area contributed by atoms with Crippen LogP contribution in [0.3, 0.4) is 0 Å². The Morgan fingerprint density at radius 2 is 0.336 bits per heavy atom. The molecule has 107 heavy (non-hydrogen) atoms. The Bertz CT molecular complexity index is 3370. The van der Waals surface area contributed by atoms with Crippen molar-refractivity contribution in [3.05, 3.63) is 192 Å². The molecule has 0 unspecified atom stereocenters. The molecule has 0 saturated heterocycles. The molecule has 1 heterocycles. The Balaban J connectivity index is 0.000000289. The van der Waals surface area contributed by atoms with Crippen molar-refractivity contribution < 1.29 is 132 Å². The minimum Gasteiger partial charge on any atom is -0.348 e. The molecule has 0 fully saturated rings. The summed E-state index contributed by atoms with van der Waals surface area (Å²) in [7, 11) is 0. The number of halogens is 30. The highest BCUT2D eigenvalue weighted by atomic mass is 27.2. The van der Waals surface area contributed by atoms with Gasteiger partial charge < -0.3 is 4.98 Å². The molecule has 7 aromatic rings. The number of imidazole rings is 1. The Kier molecular flexibility index (Phi) is 37.3. The van der Waals surface area contributed by atoms with Crippen LogP contribution in [0.4, 0.5) is 132 Å². The zero-order chi connectivity index (χ0) is 79.8. The molecular weight excluding hydrogens is 1530 g/mol. The summed E-state index contributed by atoms with van der Waals surface area (Å²) in [6.45, 7) is 4.61. The normalized spacial score (nSPS) is 11.4. The van der Waals surface area contributed by atoms with Crippen LogP contribution >= 0.6 is 0 Å². The van der Waals surface area contributed by atoms with E-state index in [1.807, 2.05) is 6.33 Å². The molecule has 1 N–H and O–H groups in total. The molecule has 0 amide bonds. The highest BCUT2D eigenvalue weighted by Gasteiger charge is 2.49. The number of hydrogen-bond donors (Lipinski definition) is 1. The van der Waals surface area contributed by atoms with E-state index in [2.05, 4.69) is 23.8 Å². The molecule has 0 aliphatic rings. The summed E-state index contributed by atoms with van der Waals surface area (Å²) < 4.78 is 403. The molecule has 0 saturated carbocycles. The van der Waals surface area contributed by atoms with Gasteiger partial charge in [-0.3, -0.25) is 0 Å². The van der Waals surface area contributed by atoms with E-state index in [0.717, 1.165) is 0 Å². The number of nitrogens with zero attached hydrogens (tertiary/aromatic N) is 1. The lowest BCUT2D eigenvalue weighted by Gasteiger charge is -2.20. The summed E-state index contributed by atoms with van der Waals surface area (Å²) in [6.07, 6.45) is 47.3. The number of hydrogen-bond acceptors (Lipinski definition) is 1. The summed E-state index contributed by atoms with van der Waals surface area (Å²) in [5.41, 5.74) is 2.78. The Hall–Kier alpha value is -6.51. The van der Waals surface area contributed by atoms with Crippen molar-refractivity contribution in [2.75, 3.05) is 0 Å². The topological polar surface area (TPSA) is 28.7 Å². The number of unbranched alkanes of at least 4 members (excludes halogenated alkanes) is 28. The highest BCUT2D eigenvalue weighted by molar-refractivity contribution is 6.96. The van der Waals surface area contributed by atoms with E-state index in [0.29, 0.717) is 0 Å². The van der Waals surface area contributed by atoms with Crippen molar-refractivity contribution in [2.45, 2.75) is 219 Å². The fourth-order valence-corrected chi connectivity index (χ4v) is 18.5. The Labute approximate surface area is 605 Å². The third kappa shape index (κ3) is 22.4. The van der Waals surface area contributed by atoms with Crippen molar-refractivity contribution in [3.63, 3.8) is 0 Å². The van der Waals surface area contributed by atoms with Gasteiger partial charge in [-0.25, -0.2) is 137 Å². The zero-order valence-corrected chi connectivity index (χ0v) is 60.0.